The summed E-state index contributed by atoms with van der Waals surface area (Å²) in [5, 5.41) is 6.54. The predicted octanol–water partition coefficient (Wildman–Crippen LogP) is -0.830. The molecule has 0 aromatic heterocycles. The molecule has 0 aromatic carbocycles. The van der Waals surface area contributed by atoms with Crippen LogP contribution in [0.1, 0.15) is 12.8 Å². The molecule has 0 saturated carbocycles. The molecule has 0 spiro atoms. The first-order chi connectivity index (χ1) is 6.38. The highest BCUT2D eigenvalue weighted by molar-refractivity contribution is 5.77. The van der Waals surface area contributed by atoms with Crippen molar-refractivity contribution in [3.05, 3.63) is 0 Å². The molecule has 13 heavy (non-hydrogen) atoms. The van der Waals surface area contributed by atoms with Crippen LogP contribution in [0.15, 0.2) is 0 Å². The van der Waals surface area contributed by atoms with Gasteiger partial charge in [-0.15, -0.1) is 0 Å². The van der Waals surface area contributed by atoms with Gasteiger partial charge in [-0.2, -0.15) is 0 Å². The second-order valence-corrected chi connectivity index (χ2v) is 3.73. The molecule has 4 nitrogen and oxygen atoms in total. The fraction of sp³-hybridized carbons (Fsp3) is 0.889. The van der Waals surface area contributed by atoms with Crippen molar-refractivity contribution >= 4 is 5.91 Å². The molecule has 2 rings (SSSR count). The van der Waals surface area contributed by atoms with Crippen molar-refractivity contribution in [2.75, 3.05) is 32.7 Å². The largest absolute Gasteiger partial charge is 0.337 e. The van der Waals surface area contributed by atoms with Crippen LogP contribution in [-0.4, -0.2) is 49.6 Å². The third kappa shape index (κ3) is 2.00. The second kappa shape index (κ2) is 4.07. The number of carbonyl (C=O) groups is 1. The zero-order valence-electron chi connectivity index (χ0n) is 7.88. The normalized spacial score (nSPS) is 30.6. The van der Waals surface area contributed by atoms with Crippen LogP contribution in [0.2, 0.25) is 0 Å². The van der Waals surface area contributed by atoms with Crippen molar-refractivity contribution in [1.29, 1.82) is 0 Å². The summed E-state index contributed by atoms with van der Waals surface area (Å²) in [6.07, 6.45) is 1.78. The minimum absolute atomic E-state index is 0.318. The highest BCUT2D eigenvalue weighted by Gasteiger charge is 2.26. The van der Waals surface area contributed by atoms with E-state index in [1.54, 1.807) is 0 Å². The second-order valence-electron chi connectivity index (χ2n) is 3.73. The SMILES string of the molecule is O=C1CCNCCN1C1CCNC1. The predicted molar refractivity (Wildman–Crippen MR) is 50.5 cm³/mol. The highest BCUT2D eigenvalue weighted by atomic mass is 16.2. The Balaban J connectivity index is 1.97. The number of amides is 1. The van der Waals surface area contributed by atoms with E-state index in [4.69, 9.17) is 0 Å². The Kier molecular flexibility index (Phi) is 2.80. The molecular weight excluding hydrogens is 166 g/mol. The lowest BCUT2D eigenvalue weighted by Crippen LogP contribution is -2.42. The van der Waals surface area contributed by atoms with Gasteiger partial charge in [0.2, 0.25) is 5.91 Å². The third-order valence-electron chi connectivity index (χ3n) is 2.84. The molecule has 0 aliphatic carbocycles. The van der Waals surface area contributed by atoms with E-state index in [0.29, 0.717) is 18.4 Å². The van der Waals surface area contributed by atoms with Gasteiger partial charge < -0.3 is 15.5 Å². The first-order valence-electron chi connectivity index (χ1n) is 5.09. The summed E-state index contributed by atoms with van der Waals surface area (Å²) in [7, 11) is 0. The lowest BCUT2D eigenvalue weighted by Gasteiger charge is -2.26. The van der Waals surface area contributed by atoms with E-state index in [0.717, 1.165) is 39.1 Å². The average Bonchev–Trinajstić information content (AvgIpc) is 2.56. The Morgan fingerprint density at radius 3 is 2.92 bits per heavy atom. The zero-order valence-corrected chi connectivity index (χ0v) is 7.88. The fourth-order valence-corrected chi connectivity index (χ4v) is 2.08. The summed E-state index contributed by atoms with van der Waals surface area (Å²) >= 11 is 0. The van der Waals surface area contributed by atoms with Crippen molar-refractivity contribution in [3.63, 3.8) is 0 Å². The number of hydrogen-bond donors (Lipinski definition) is 2. The van der Waals surface area contributed by atoms with Crippen LogP contribution in [0, 0.1) is 0 Å². The molecule has 1 atom stereocenters. The molecule has 2 aliphatic rings. The Hall–Kier alpha value is -0.610. The number of hydrogen-bond acceptors (Lipinski definition) is 3. The summed E-state index contributed by atoms with van der Waals surface area (Å²) in [6, 6.07) is 0.451. The Morgan fingerprint density at radius 1 is 1.23 bits per heavy atom. The quantitative estimate of drug-likeness (QED) is 0.558. The van der Waals surface area contributed by atoms with Gasteiger partial charge in [0.05, 0.1) is 0 Å². The Morgan fingerprint density at radius 2 is 2.15 bits per heavy atom. The molecule has 4 heteroatoms. The maximum absolute atomic E-state index is 11.7. The van der Waals surface area contributed by atoms with Gasteiger partial charge in [-0.05, 0) is 13.0 Å². The van der Waals surface area contributed by atoms with Crippen molar-refractivity contribution in [2.45, 2.75) is 18.9 Å². The van der Waals surface area contributed by atoms with E-state index in [9.17, 15) is 4.79 Å². The van der Waals surface area contributed by atoms with Crippen molar-refractivity contribution in [1.82, 2.24) is 15.5 Å². The standard InChI is InChI=1S/C9H17N3O/c13-9-2-4-10-5-6-12(9)8-1-3-11-7-8/h8,10-11H,1-7H2. The maximum atomic E-state index is 11.7. The van der Waals surface area contributed by atoms with Gasteiger partial charge in [-0.3, -0.25) is 4.79 Å². The van der Waals surface area contributed by atoms with Crippen LogP contribution in [-0.2, 0) is 4.79 Å². The summed E-state index contributed by atoms with van der Waals surface area (Å²) in [5.74, 6) is 0.318. The van der Waals surface area contributed by atoms with E-state index in [2.05, 4.69) is 10.6 Å². The monoisotopic (exact) mass is 183 g/mol. The van der Waals surface area contributed by atoms with Crippen LogP contribution in [0.25, 0.3) is 0 Å². The van der Waals surface area contributed by atoms with Crippen LogP contribution in [0.5, 0.6) is 0 Å². The molecule has 2 heterocycles. The molecule has 0 radical (unpaired) electrons. The number of rotatable bonds is 1. The van der Waals surface area contributed by atoms with E-state index in [1.165, 1.54) is 0 Å². The fourth-order valence-electron chi connectivity index (χ4n) is 2.08. The van der Waals surface area contributed by atoms with Crippen molar-refractivity contribution in [2.24, 2.45) is 0 Å². The lowest BCUT2D eigenvalue weighted by molar-refractivity contribution is -0.132. The van der Waals surface area contributed by atoms with Gasteiger partial charge in [0.1, 0.15) is 0 Å². The van der Waals surface area contributed by atoms with Crippen molar-refractivity contribution < 1.29 is 4.79 Å². The van der Waals surface area contributed by atoms with E-state index < -0.39 is 0 Å². The molecule has 2 saturated heterocycles. The minimum Gasteiger partial charge on any atom is -0.337 e. The van der Waals surface area contributed by atoms with Crippen LogP contribution in [0.4, 0.5) is 0 Å². The third-order valence-corrected chi connectivity index (χ3v) is 2.84. The molecule has 1 amide bonds. The number of nitrogens with one attached hydrogen (secondary N) is 2. The van der Waals surface area contributed by atoms with Gasteiger partial charge in [0, 0.05) is 38.6 Å². The maximum Gasteiger partial charge on any atom is 0.224 e. The summed E-state index contributed by atoms with van der Waals surface area (Å²) < 4.78 is 0. The molecule has 2 N–H and O–H groups in total. The van der Waals surface area contributed by atoms with Crippen LogP contribution in [0.3, 0.4) is 0 Å². The minimum atomic E-state index is 0.318. The molecule has 0 aromatic rings. The lowest BCUT2D eigenvalue weighted by atomic mass is 10.2. The van der Waals surface area contributed by atoms with Crippen LogP contribution >= 0.6 is 0 Å². The van der Waals surface area contributed by atoms with E-state index in [-0.39, 0.29) is 0 Å². The molecular formula is C9H17N3O. The van der Waals surface area contributed by atoms with Gasteiger partial charge in [-0.25, -0.2) is 0 Å². The number of nitrogens with zero attached hydrogens (tertiary/aromatic N) is 1. The summed E-state index contributed by atoms with van der Waals surface area (Å²) in [5.41, 5.74) is 0. The van der Waals surface area contributed by atoms with Crippen molar-refractivity contribution in [3.8, 4) is 0 Å². The molecule has 74 valence electrons. The van der Waals surface area contributed by atoms with Gasteiger partial charge in [-0.1, -0.05) is 0 Å². The zero-order chi connectivity index (χ0) is 9.10. The molecule has 2 fully saturated rings. The van der Waals surface area contributed by atoms with Gasteiger partial charge in [0.15, 0.2) is 0 Å². The number of carbonyl (C=O) groups excluding carboxylic acids is 1. The first-order valence-corrected chi connectivity index (χ1v) is 5.09. The summed E-state index contributed by atoms with van der Waals surface area (Å²) in [6.45, 7) is 4.70. The molecule has 2 aliphatic heterocycles. The van der Waals surface area contributed by atoms with E-state index in [1.807, 2.05) is 4.90 Å². The van der Waals surface area contributed by atoms with Gasteiger partial charge in [0.25, 0.3) is 0 Å². The molecule has 1 unspecified atom stereocenters. The molecule has 0 bridgehead atoms. The Bertz CT molecular complexity index is 189. The first kappa shape index (κ1) is 8.97. The smallest absolute Gasteiger partial charge is 0.224 e. The van der Waals surface area contributed by atoms with Crippen LogP contribution < -0.4 is 10.6 Å². The highest BCUT2D eigenvalue weighted by Crippen LogP contribution is 2.10. The average molecular weight is 183 g/mol. The van der Waals surface area contributed by atoms with E-state index >= 15 is 0 Å². The summed E-state index contributed by atoms with van der Waals surface area (Å²) in [4.78, 5) is 13.7. The van der Waals surface area contributed by atoms with Gasteiger partial charge >= 0.3 is 0 Å². The Labute approximate surface area is 78.7 Å². The topological polar surface area (TPSA) is 44.4 Å².